The van der Waals surface area contributed by atoms with Gasteiger partial charge in [-0.05, 0) is 105 Å². The largest absolute Gasteiger partial charge is 0.414 e. The van der Waals surface area contributed by atoms with Crippen LogP contribution in [0, 0.1) is 22.7 Å². The Morgan fingerprint density at radius 1 is 0.884 bits per heavy atom. The maximum Gasteiger partial charge on any atom is 0.192 e. The fourth-order valence-electron chi connectivity index (χ4n) is 8.13. The smallest absolute Gasteiger partial charge is 0.192 e. The molecule has 0 spiro atoms. The van der Waals surface area contributed by atoms with Gasteiger partial charge in [-0.2, -0.15) is 0 Å². The van der Waals surface area contributed by atoms with Gasteiger partial charge in [-0.1, -0.05) is 84.8 Å². The zero-order chi connectivity index (χ0) is 32.0. The summed E-state index contributed by atoms with van der Waals surface area (Å²) < 4.78 is 26.7. The van der Waals surface area contributed by atoms with Crippen LogP contribution in [0.15, 0.2) is 34.9 Å². The molecule has 0 aromatic carbocycles. The minimum atomic E-state index is -2.01. The van der Waals surface area contributed by atoms with Gasteiger partial charge < -0.3 is 18.3 Å². The first-order chi connectivity index (χ1) is 19.5. The number of fused-ring (bicyclic) bond motifs is 5. The van der Waals surface area contributed by atoms with Crippen molar-refractivity contribution >= 4 is 16.6 Å². The molecule has 5 rings (SSSR count). The minimum Gasteiger partial charge on any atom is -0.414 e. The molecule has 3 fully saturated rings. The summed E-state index contributed by atoms with van der Waals surface area (Å²) in [4.78, 5) is 0. The maximum absolute atomic E-state index is 7.51. The quantitative estimate of drug-likeness (QED) is 0.152. The van der Waals surface area contributed by atoms with Crippen LogP contribution < -0.4 is 0 Å². The molecule has 0 N–H and O–H groups in total. The van der Waals surface area contributed by atoms with E-state index >= 15 is 0 Å². The van der Waals surface area contributed by atoms with Gasteiger partial charge in [0.05, 0.1) is 31.0 Å². The topological polar surface area (TPSA) is 40.2 Å². The molecule has 6 heteroatoms. The van der Waals surface area contributed by atoms with Gasteiger partial charge in [0, 0.05) is 5.41 Å². The molecule has 1 unspecified atom stereocenters. The summed E-state index contributed by atoms with van der Waals surface area (Å²) in [6, 6.07) is 0. The Labute approximate surface area is 266 Å². The highest BCUT2D eigenvalue weighted by molar-refractivity contribution is 6.74. The molecule has 7 atom stereocenters. The molecule has 1 heterocycles. The number of hydrogen-bond donors (Lipinski definition) is 0. The molecular formula is C37H64O4Si2. The molecule has 5 aliphatic rings. The predicted octanol–water partition coefficient (Wildman–Crippen LogP) is 9.99. The van der Waals surface area contributed by atoms with Crippen LogP contribution in [-0.4, -0.2) is 53.8 Å². The number of ether oxygens (including phenoxy) is 2. The van der Waals surface area contributed by atoms with Gasteiger partial charge in [-0.25, -0.2) is 0 Å². The third kappa shape index (κ3) is 5.93. The SMILES string of the molecule is CC1(C)OC1COCC1=CC[C@H]2C3=CC=C4C[C@@H](O[Si](C)(C)C(C)(C)C)C[C@H](O[Si](C)(C)C(C)(C)C)[C@]4(C)[C@H]3CC[C@]12C. The van der Waals surface area contributed by atoms with Crippen molar-refractivity contribution in [2.75, 3.05) is 13.2 Å². The third-order valence-electron chi connectivity index (χ3n) is 13.5. The summed E-state index contributed by atoms with van der Waals surface area (Å²) in [5, 5.41) is 0.369. The zero-order valence-electron chi connectivity index (χ0n) is 30.2. The molecular weight excluding hydrogens is 565 g/mol. The van der Waals surface area contributed by atoms with E-state index in [-0.39, 0.29) is 44.8 Å². The van der Waals surface area contributed by atoms with Crippen LogP contribution in [0.1, 0.15) is 101 Å². The molecule has 244 valence electrons. The van der Waals surface area contributed by atoms with Crippen molar-refractivity contribution in [1.29, 1.82) is 0 Å². The first-order valence-corrected chi connectivity index (χ1v) is 23.1. The Hall–Kier alpha value is -0.506. The lowest BCUT2D eigenvalue weighted by molar-refractivity contribution is -0.0392. The van der Waals surface area contributed by atoms with Crippen LogP contribution in [0.25, 0.3) is 0 Å². The van der Waals surface area contributed by atoms with Crippen molar-refractivity contribution in [2.24, 2.45) is 22.7 Å². The number of hydrogen-bond acceptors (Lipinski definition) is 4. The second-order valence-electron chi connectivity index (χ2n) is 18.7. The average Bonchev–Trinajstić information content (AvgIpc) is 3.31. The fraction of sp³-hybridized carbons (Fsp3) is 0.838. The Morgan fingerprint density at radius 3 is 2.07 bits per heavy atom. The van der Waals surface area contributed by atoms with E-state index in [2.05, 4.69) is 114 Å². The summed E-state index contributed by atoms with van der Waals surface area (Å²) >= 11 is 0. The van der Waals surface area contributed by atoms with E-state index in [0.717, 1.165) is 25.9 Å². The summed E-state index contributed by atoms with van der Waals surface area (Å²) in [5.74, 6) is 1.09. The maximum atomic E-state index is 7.51. The van der Waals surface area contributed by atoms with E-state index in [1.165, 1.54) is 18.4 Å². The van der Waals surface area contributed by atoms with Crippen LogP contribution in [0.3, 0.4) is 0 Å². The lowest BCUT2D eigenvalue weighted by Gasteiger charge is -2.59. The highest BCUT2D eigenvalue weighted by Gasteiger charge is 2.59. The zero-order valence-corrected chi connectivity index (χ0v) is 32.2. The Balaban J connectivity index is 1.42. The molecule has 1 aliphatic heterocycles. The van der Waals surface area contributed by atoms with Crippen LogP contribution in [0.2, 0.25) is 36.3 Å². The Bertz CT molecular complexity index is 1180. The summed E-state index contributed by atoms with van der Waals surface area (Å²) in [5.41, 5.74) is 4.94. The molecule has 2 saturated carbocycles. The second-order valence-corrected chi connectivity index (χ2v) is 28.2. The van der Waals surface area contributed by atoms with E-state index in [1.807, 2.05) is 0 Å². The molecule has 0 aromatic rings. The number of rotatable bonds is 8. The average molecular weight is 629 g/mol. The predicted molar refractivity (Wildman–Crippen MR) is 184 cm³/mol. The van der Waals surface area contributed by atoms with Crippen molar-refractivity contribution in [2.45, 2.75) is 162 Å². The molecule has 0 bridgehead atoms. The third-order valence-corrected chi connectivity index (χ3v) is 22.6. The monoisotopic (exact) mass is 628 g/mol. The van der Waals surface area contributed by atoms with Gasteiger partial charge in [0.25, 0.3) is 0 Å². The van der Waals surface area contributed by atoms with E-state index in [4.69, 9.17) is 18.3 Å². The van der Waals surface area contributed by atoms with Crippen molar-refractivity contribution in [3.63, 3.8) is 0 Å². The number of epoxide rings is 1. The lowest BCUT2D eigenvalue weighted by atomic mass is 9.50. The summed E-state index contributed by atoms with van der Waals surface area (Å²) in [6.45, 7) is 34.8. The van der Waals surface area contributed by atoms with Gasteiger partial charge in [-0.15, -0.1) is 0 Å². The van der Waals surface area contributed by atoms with Gasteiger partial charge in [0.15, 0.2) is 16.6 Å². The van der Waals surface area contributed by atoms with Crippen molar-refractivity contribution in [1.82, 2.24) is 0 Å². The molecule has 0 amide bonds. The first kappa shape index (κ1) is 33.8. The second kappa shape index (κ2) is 10.8. The van der Waals surface area contributed by atoms with Gasteiger partial charge in [-0.3, -0.25) is 0 Å². The van der Waals surface area contributed by atoms with E-state index in [9.17, 15) is 0 Å². The molecule has 0 aromatic heterocycles. The first-order valence-electron chi connectivity index (χ1n) is 17.2. The Kier molecular flexibility index (Phi) is 8.47. The molecule has 1 saturated heterocycles. The van der Waals surface area contributed by atoms with Crippen LogP contribution in [0.5, 0.6) is 0 Å². The Morgan fingerprint density at radius 2 is 1.49 bits per heavy atom. The highest BCUT2D eigenvalue weighted by atomic mass is 28.4. The molecule has 0 radical (unpaired) electrons. The standard InChI is InChI=1S/C37H64O4Si2/c1-33(2,3)42(11,12)40-27-21-25-15-17-28-29-18-16-26(23-38-24-32-35(7,8)39-32)36(29,9)20-19-30(28)37(25,10)31(22-27)41-43(13,14)34(4,5)6/h15-17,27,29-32H,18-24H2,1-14H3/t27-,29+,30+,31+,32?,36-,37+/m1/s1. The van der Waals surface area contributed by atoms with Crippen LogP contribution in [0.4, 0.5) is 0 Å². The number of allylic oxidation sites excluding steroid dienone is 4. The fourth-order valence-corrected chi connectivity index (χ4v) is 10.9. The van der Waals surface area contributed by atoms with Gasteiger partial charge in [0.1, 0.15) is 6.10 Å². The van der Waals surface area contributed by atoms with E-state index in [1.54, 1.807) is 11.1 Å². The summed E-state index contributed by atoms with van der Waals surface area (Å²) in [7, 11) is -3.91. The van der Waals surface area contributed by atoms with E-state index in [0.29, 0.717) is 18.4 Å². The highest BCUT2D eigenvalue weighted by Crippen LogP contribution is 2.64. The van der Waals surface area contributed by atoms with E-state index < -0.39 is 16.6 Å². The molecule has 4 nitrogen and oxygen atoms in total. The lowest BCUT2D eigenvalue weighted by Crippen LogP contribution is -2.58. The van der Waals surface area contributed by atoms with Crippen LogP contribution >= 0.6 is 0 Å². The van der Waals surface area contributed by atoms with Gasteiger partial charge >= 0.3 is 0 Å². The minimum absolute atomic E-state index is 0.0152. The summed E-state index contributed by atoms with van der Waals surface area (Å²) in [6.07, 6.45) is 13.8. The van der Waals surface area contributed by atoms with Crippen molar-refractivity contribution in [3.05, 3.63) is 34.9 Å². The molecule has 4 aliphatic carbocycles. The van der Waals surface area contributed by atoms with Crippen LogP contribution in [-0.2, 0) is 18.3 Å². The molecule has 43 heavy (non-hydrogen) atoms. The normalized spacial score (nSPS) is 37.5. The van der Waals surface area contributed by atoms with Gasteiger partial charge in [0.2, 0.25) is 0 Å². The van der Waals surface area contributed by atoms with Crippen molar-refractivity contribution in [3.8, 4) is 0 Å². The van der Waals surface area contributed by atoms with Crippen molar-refractivity contribution < 1.29 is 18.3 Å².